The highest BCUT2D eigenvalue weighted by atomic mass is 32.2. The van der Waals surface area contributed by atoms with Crippen molar-refractivity contribution in [2.75, 3.05) is 12.5 Å². The summed E-state index contributed by atoms with van der Waals surface area (Å²) in [6.07, 6.45) is 3.12. The summed E-state index contributed by atoms with van der Waals surface area (Å²) in [7, 11) is -2.24. The van der Waals surface area contributed by atoms with Crippen LogP contribution in [0.15, 0.2) is 34.7 Å². The molecule has 3 rings (SSSR count). The van der Waals surface area contributed by atoms with Crippen LogP contribution in [0.2, 0.25) is 0 Å². The molecule has 1 N–H and O–H groups in total. The van der Waals surface area contributed by atoms with E-state index in [9.17, 15) is 4.21 Å². The Morgan fingerprint density at radius 2 is 2.11 bits per heavy atom. The summed E-state index contributed by atoms with van der Waals surface area (Å²) in [5, 5.41) is 7.98. The highest BCUT2D eigenvalue weighted by Crippen LogP contribution is 2.31. The average molecular weight is 292 g/mol. The number of hydrogen-bond acceptors (Lipinski definition) is 5. The van der Waals surface area contributed by atoms with Gasteiger partial charge in [-0.1, -0.05) is 18.2 Å². The molecule has 0 saturated carbocycles. The van der Waals surface area contributed by atoms with E-state index in [1.165, 1.54) is 10.1 Å². The van der Waals surface area contributed by atoms with Crippen LogP contribution in [0.4, 0.5) is 5.95 Å². The lowest BCUT2D eigenvalue weighted by Gasteiger charge is -1.88. The third-order valence-electron chi connectivity index (χ3n) is 2.43. The van der Waals surface area contributed by atoms with Crippen LogP contribution in [0.1, 0.15) is 0 Å². The Hall–Kier alpha value is -1.73. The van der Waals surface area contributed by atoms with Crippen LogP contribution in [-0.4, -0.2) is 31.9 Å². The lowest BCUT2D eigenvalue weighted by atomic mass is 10.2. The molecule has 1 aromatic carbocycles. The molecule has 0 fully saturated rings. The molecule has 19 heavy (non-hydrogen) atoms. The minimum absolute atomic E-state index is 0.238. The van der Waals surface area contributed by atoms with E-state index >= 15 is 0 Å². The zero-order valence-corrected chi connectivity index (χ0v) is 12.1. The maximum absolute atomic E-state index is 11.6. The van der Waals surface area contributed by atoms with Crippen LogP contribution < -0.4 is 0 Å². The van der Waals surface area contributed by atoms with Crippen molar-refractivity contribution in [2.24, 2.45) is 4.36 Å². The predicted molar refractivity (Wildman–Crippen MR) is 79.3 cm³/mol. The number of fused-ring (bicyclic) bond motifs is 1. The number of thiophene rings is 1. The molecule has 3 aromatic rings. The molecule has 2 aromatic heterocycles. The first-order valence-electron chi connectivity index (χ1n) is 5.60. The lowest BCUT2D eigenvalue weighted by molar-refractivity contribution is 0.684. The predicted octanol–water partition coefficient (Wildman–Crippen LogP) is 3.05. The third kappa shape index (κ3) is 2.66. The van der Waals surface area contributed by atoms with E-state index in [0.717, 1.165) is 4.88 Å². The molecule has 7 heteroatoms. The second-order valence-corrected chi connectivity index (χ2v) is 8.03. The summed E-state index contributed by atoms with van der Waals surface area (Å²) in [6.45, 7) is 0. The van der Waals surface area contributed by atoms with Crippen LogP contribution in [0.5, 0.6) is 0 Å². The molecule has 0 radical (unpaired) electrons. The van der Waals surface area contributed by atoms with Crippen molar-refractivity contribution in [2.45, 2.75) is 0 Å². The molecule has 5 nitrogen and oxygen atoms in total. The van der Waals surface area contributed by atoms with Crippen molar-refractivity contribution in [1.29, 1.82) is 0 Å². The van der Waals surface area contributed by atoms with Gasteiger partial charge in [0.05, 0.1) is 4.88 Å². The van der Waals surface area contributed by atoms with E-state index in [4.69, 9.17) is 0 Å². The Bertz CT molecular complexity index is 814. The van der Waals surface area contributed by atoms with Crippen LogP contribution in [-0.2, 0) is 9.73 Å². The van der Waals surface area contributed by atoms with Crippen LogP contribution in [0.3, 0.4) is 0 Å². The number of nitrogens with one attached hydrogen (secondary N) is 1. The number of hydrogen-bond donors (Lipinski definition) is 1. The van der Waals surface area contributed by atoms with E-state index in [2.05, 4.69) is 37.7 Å². The minimum atomic E-state index is -2.24. The number of aromatic nitrogens is 3. The highest BCUT2D eigenvalue weighted by molar-refractivity contribution is 7.92. The summed E-state index contributed by atoms with van der Waals surface area (Å²) in [5.41, 5.74) is 0. The molecule has 0 aliphatic rings. The maximum Gasteiger partial charge on any atom is 0.276 e. The molecule has 0 atom stereocenters. The molecule has 0 spiro atoms. The normalized spacial score (nSPS) is 11.9. The molecule has 0 unspecified atom stereocenters. The number of nitrogens with zero attached hydrogens (tertiary/aromatic N) is 3. The van der Waals surface area contributed by atoms with E-state index in [1.54, 1.807) is 23.8 Å². The van der Waals surface area contributed by atoms with Crippen molar-refractivity contribution >= 4 is 37.1 Å². The quantitative estimate of drug-likeness (QED) is 0.789. The first kappa shape index (κ1) is 12.3. The molecule has 98 valence electrons. The van der Waals surface area contributed by atoms with Gasteiger partial charge in [-0.15, -0.1) is 16.4 Å². The molecule has 0 aliphatic carbocycles. The molecular formula is C12H12N4OS2. The molecule has 0 bridgehead atoms. The van der Waals surface area contributed by atoms with E-state index in [-0.39, 0.29) is 5.95 Å². The van der Waals surface area contributed by atoms with Crippen LogP contribution in [0.25, 0.3) is 20.8 Å². The topological polar surface area (TPSA) is 71.0 Å². The van der Waals surface area contributed by atoms with E-state index in [0.29, 0.717) is 5.82 Å². The van der Waals surface area contributed by atoms with Gasteiger partial charge in [0.2, 0.25) is 0 Å². The van der Waals surface area contributed by atoms with Gasteiger partial charge in [0.15, 0.2) is 5.82 Å². The highest BCUT2D eigenvalue weighted by Gasteiger charge is 2.09. The van der Waals surface area contributed by atoms with E-state index in [1.807, 2.05) is 12.1 Å². The Balaban J connectivity index is 2.05. The Morgan fingerprint density at radius 3 is 2.84 bits per heavy atom. The van der Waals surface area contributed by atoms with Crippen molar-refractivity contribution in [3.05, 3.63) is 30.3 Å². The molecule has 2 heterocycles. The fourth-order valence-electron chi connectivity index (χ4n) is 1.70. The molecule has 0 aliphatic heterocycles. The SMILES string of the molecule is CS(C)(=O)=Nc1n[nH]c(-c2cc3ccccc3s2)n1. The third-order valence-corrected chi connectivity index (χ3v) is 4.16. The second kappa shape index (κ2) is 4.43. The average Bonchev–Trinajstić information content (AvgIpc) is 2.91. The van der Waals surface area contributed by atoms with Gasteiger partial charge >= 0.3 is 0 Å². The number of H-pyrrole nitrogens is 1. The van der Waals surface area contributed by atoms with Gasteiger partial charge in [0.25, 0.3) is 5.95 Å². The van der Waals surface area contributed by atoms with Gasteiger partial charge in [0, 0.05) is 26.9 Å². The summed E-state index contributed by atoms with van der Waals surface area (Å²) < 4.78 is 16.8. The van der Waals surface area contributed by atoms with E-state index < -0.39 is 9.73 Å². The van der Waals surface area contributed by atoms with Crippen molar-refractivity contribution in [1.82, 2.24) is 15.2 Å². The smallest absolute Gasteiger partial charge is 0.256 e. The van der Waals surface area contributed by atoms with Gasteiger partial charge < -0.3 is 0 Å². The van der Waals surface area contributed by atoms with Gasteiger partial charge in [-0.2, -0.15) is 9.35 Å². The zero-order chi connectivity index (χ0) is 13.5. The fourth-order valence-corrected chi connectivity index (χ4v) is 3.18. The number of benzene rings is 1. The van der Waals surface area contributed by atoms with Gasteiger partial charge in [-0.05, 0) is 17.5 Å². The number of aromatic amines is 1. The molecule has 0 saturated heterocycles. The standard InChI is InChI=1S/C12H12N4OS2/c1-19(2,17)16-12-13-11(14-15-12)10-7-8-5-3-4-6-9(8)18-10/h3-7H,1-2H3,(H,13,14,15). The lowest BCUT2D eigenvalue weighted by Crippen LogP contribution is -1.89. The van der Waals surface area contributed by atoms with Crippen molar-refractivity contribution in [3.63, 3.8) is 0 Å². The Morgan fingerprint density at radius 1 is 1.32 bits per heavy atom. The zero-order valence-electron chi connectivity index (χ0n) is 10.5. The first-order chi connectivity index (χ1) is 9.01. The van der Waals surface area contributed by atoms with Crippen LogP contribution >= 0.6 is 11.3 Å². The van der Waals surface area contributed by atoms with Crippen molar-refractivity contribution in [3.8, 4) is 10.7 Å². The van der Waals surface area contributed by atoms with Gasteiger partial charge in [0.1, 0.15) is 0 Å². The second-order valence-electron chi connectivity index (χ2n) is 4.41. The largest absolute Gasteiger partial charge is 0.276 e. The monoisotopic (exact) mass is 292 g/mol. The first-order valence-corrected chi connectivity index (χ1v) is 8.74. The van der Waals surface area contributed by atoms with Gasteiger partial charge in [-0.25, -0.2) is 4.21 Å². The van der Waals surface area contributed by atoms with Gasteiger partial charge in [-0.3, -0.25) is 5.10 Å². The Labute approximate surface area is 114 Å². The number of rotatable bonds is 2. The van der Waals surface area contributed by atoms with Crippen LogP contribution in [0, 0.1) is 0 Å². The maximum atomic E-state index is 11.6. The Kier molecular flexibility index (Phi) is 2.87. The summed E-state index contributed by atoms with van der Waals surface area (Å²) in [6, 6.07) is 10.2. The van der Waals surface area contributed by atoms with Crippen molar-refractivity contribution < 1.29 is 4.21 Å². The summed E-state index contributed by atoms with van der Waals surface area (Å²) in [4.78, 5) is 5.25. The molecular weight excluding hydrogens is 280 g/mol. The molecule has 0 amide bonds. The minimum Gasteiger partial charge on any atom is -0.256 e. The summed E-state index contributed by atoms with van der Waals surface area (Å²) >= 11 is 1.63. The summed E-state index contributed by atoms with van der Waals surface area (Å²) in [5.74, 6) is 0.894. The fraction of sp³-hybridized carbons (Fsp3) is 0.167.